The van der Waals surface area contributed by atoms with Gasteiger partial charge in [0.2, 0.25) is 0 Å². The third-order valence-corrected chi connectivity index (χ3v) is 12.7. The third kappa shape index (κ3) is 22.5. The van der Waals surface area contributed by atoms with Gasteiger partial charge in [-0.05, 0) is 169 Å². The summed E-state index contributed by atoms with van der Waals surface area (Å²) in [5, 5.41) is 5.51. The van der Waals surface area contributed by atoms with Crippen LogP contribution in [-0.2, 0) is 68.6 Å². The lowest BCUT2D eigenvalue weighted by atomic mass is 9.95. The molecular formula is C54H66I2N2O10. The summed E-state index contributed by atoms with van der Waals surface area (Å²) in [5.74, 6) is -2.55. The molecular weight excluding hydrogens is 1090 g/mol. The molecule has 12 nitrogen and oxygen atoms in total. The molecule has 0 fully saturated rings. The number of Topliss-reactive ketones (excluding diaryl/α,β-unsaturated/α-hetero) is 1. The van der Waals surface area contributed by atoms with Crippen LogP contribution in [0.3, 0.4) is 0 Å². The van der Waals surface area contributed by atoms with E-state index in [9.17, 15) is 28.8 Å². The van der Waals surface area contributed by atoms with Crippen LogP contribution in [-0.4, -0.2) is 74.2 Å². The third-order valence-electron chi connectivity index (χ3n) is 11.3. The lowest BCUT2D eigenvalue weighted by Gasteiger charge is -2.22. The SMILES string of the molecule is CCC(Cc1ccc(I)cc1)C(=O)OCCCCCCOC(=O)C(Cc1ccc(I)cc1)NC(=O)NC(Cc1ccccc1)C(=O)OCCCCCCOC(=O)C(CC(C)=O)Cc1ccccc1. The molecule has 0 spiro atoms. The summed E-state index contributed by atoms with van der Waals surface area (Å²) < 4.78 is 24.6. The quantitative estimate of drug-likeness (QED) is 0.0215. The molecule has 0 bridgehead atoms. The zero-order valence-corrected chi connectivity index (χ0v) is 43.6. The van der Waals surface area contributed by atoms with Crippen molar-refractivity contribution in [2.45, 2.75) is 116 Å². The van der Waals surface area contributed by atoms with E-state index >= 15 is 0 Å². The van der Waals surface area contributed by atoms with Gasteiger partial charge in [-0.3, -0.25) is 9.59 Å². The maximum atomic E-state index is 13.6. The molecule has 0 aliphatic carbocycles. The molecule has 0 saturated carbocycles. The zero-order chi connectivity index (χ0) is 48.9. The average molecular weight is 1160 g/mol. The van der Waals surface area contributed by atoms with E-state index in [4.69, 9.17) is 18.9 Å². The highest BCUT2D eigenvalue weighted by Crippen LogP contribution is 2.18. The van der Waals surface area contributed by atoms with Crippen LogP contribution >= 0.6 is 45.2 Å². The number of esters is 4. The Morgan fingerprint density at radius 1 is 0.441 bits per heavy atom. The second-order valence-electron chi connectivity index (χ2n) is 17.0. The number of benzene rings is 4. The molecule has 14 heteroatoms. The minimum Gasteiger partial charge on any atom is -0.465 e. The molecule has 2 N–H and O–H groups in total. The van der Waals surface area contributed by atoms with Gasteiger partial charge in [0, 0.05) is 26.4 Å². The number of rotatable bonds is 31. The first-order valence-electron chi connectivity index (χ1n) is 23.7. The maximum absolute atomic E-state index is 13.6. The minimum atomic E-state index is -1.04. The fourth-order valence-electron chi connectivity index (χ4n) is 7.48. The first kappa shape index (κ1) is 55.8. The fraction of sp³-hybridized carbons (Fsp3) is 0.444. The normalized spacial score (nSPS) is 12.7. The molecule has 68 heavy (non-hydrogen) atoms. The van der Waals surface area contributed by atoms with Gasteiger partial charge in [-0.1, -0.05) is 91.9 Å². The number of ether oxygens (including phenoxy) is 4. The van der Waals surface area contributed by atoms with Crippen LogP contribution in [0.15, 0.2) is 109 Å². The van der Waals surface area contributed by atoms with Crippen molar-refractivity contribution in [3.63, 3.8) is 0 Å². The Morgan fingerprint density at radius 2 is 0.779 bits per heavy atom. The second-order valence-corrected chi connectivity index (χ2v) is 19.5. The Balaban J connectivity index is 1.21. The standard InChI is InChI=1S/C54H66I2N2O10/c1-3-44(35-42-22-26-46(55)27-23-42)50(60)65-30-14-4-6-16-33-68-53(63)49(38-43-24-28-47(56)29-25-43)58-54(64)57-48(37-41-20-12-9-13-21-41)52(62)67-32-17-7-5-15-31-66-51(61)45(34-39(2)59)36-40-18-10-8-11-19-40/h8-13,18-29,44-45,48-49H,3-7,14-17,30-38H2,1-2H3,(H2,57,58,64). The first-order chi connectivity index (χ1) is 32.9. The van der Waals surface area contributed by atoms with Crippen molar-refractivity contribution in [2.24, 2.45) is 11.8 Å². The average Bonchev–Trinajstić information content (AvgIpc) is 3.33. The zero-order valence-electron chi connectivity index (χ0n) is 39.3. The minimum absolute atomic E-state index is 0.0653. The first-order valence-corrected chi connectivity index (χ1v) is 25.9. The smallest absolute Gasteiger partial charge is 0.329 e. The van der Waals surface area contributed by atoms with Crippen molar-refractivity contribution in [2.75, 3.05) is 26.4 Å². The number of unbranched alkanes of at least 4 members (excludes halogenated alkanes) is 6. The van der Waals surface area contributed by atoms with Gasteiger partial charge in [0.05, 0.1) is 38.3 Å². The highest BCUT2D eigenvalue weighted by molar-refractivity contribution is 14.1. The largest absolute Gasteiger partial charge is 0.465 e. The van der Waals surface area contributed by atoms with Gasteiger partial charge in [-0.2, -0.15) is 0 Å². The van der Waals surface area contributed by atoms with Crippen LogP contribution < -0.4 is 10.6 Å². The molecule has 0 aromatic heterocycles. The molecule has 2 amide bonds. The number of ketones is 1. The Kier molecular flexibility index (Phi) is 26.3. The maximum Gasteiger partial charge on any atom is 0.329 e. The van der Waals surface area contributed by atoms with Crippen LogP contribution in [0, 0.1) is 19.0 Å². The van der Waals surface area contributed by atoms with Gasteiger partial charge in [0.15, 0.2) is 0 Å². The monoisotopic (exact) mass is 1160 g/mol. The lowest BCUT2D eigenvalue weighted by molar-refractivity contribution is -0.150. The molecule has 366 valence electrons. The van der Waals surface area contributed by atoms with Crippen molar-refractivity contribution in [1.29, 1.82) is 0 Å². The second kappa shape index (κ2) is 32.1. The van der Waals surface area contributed by atoms with E-state index in [0.29, 0.717) is 51.6 Å². The molecule has 0 aliphatic rings. The molecule has 0 aliphatic heterocycles. The Hall–Kier alpha value is -4.84. The van der Waals surface area contributed by atoms with E-state index in [1.807, 2.05) is 116 Å². The summed E-state index contributed by atoms with van der Waals surface area (Å²) in [6.07, 6.45) is 7.75. The number of urea groups is 1. The molecule has 4 atom stereocenters. The predicted octanol–water partition coefficient (Wildman–Crippen LogP) is 10.1. The number of hydrogen-bond acceptors (Lipinski definition) is 10. The van der Waals surface area contributed by atoms with E-state index in [-0.39, 0.29) is 62.7 Å². The molecule has 4 aromatic rings. The molecule has 0 radical (unpaired) electrons. The molecule has 0 heterocycles. The van der Waals surface area contributed by atoms with Crippen molar-refractivity contribution in [1.82, 2.24) is 10.6 Å². The van der Waals surface area contributed by atoms with Gasteiger partial charge in [0.1, 0.15) is 17.9 Å². The van der Waals surface area contributed by atoms with Crippen LogP contribution in [0.1, 0.15) is 100 Å². The lowest BCUT2D eigenvalue weighted by Crippen LogP contribution is -2.53. The summed E-state index contributed by atoms with van der Waals surface area (Å²) in [5.41, 5.74) is 3.72. The van der Waals surface area contributed by atoms with Gasteiger partial charge >= 0.3 is 29.9 Å². The van der Waals surface area contributed by atoms with Crippen LogP contribution in [0.4, 0.5) is 4.79 Å². The van der Waals surface area contributed by atoms with Crippen LogP contribution in [0.5, 0.6) is 0 Å². The van der Waals surface area contributed by atoms with E-state index in [2.05, 4.69) is 55.8 Å². The Morgan fingerprint density at radius 3 is 1.18 bits per heavy atom. The van der Waals surface area contributed by atoms with E-state index in [0.717, 1.165) is 55.1 Å². The molecule has 4 aromatic carbocycles. The van der Waals surface area contributed by atoms with Gasteiger partial charge in [-0.15, -0.1) is 0 Å². The molecule has 0 saturated heterocycles. The van der Waals surface area contributed by atoms with Gasteiger partial charge in [0.25, 0.3) is 0 Å². The van der Waals surface area contributed by atoms with E-state index in [1.165, 1.54) is 6.92 Å². The topological polar surface area (TPSA) is 163 Å². The summed E-state index contributed by atoms with van der Waals surface area (Å²) in [6.45, 7) is 4.32. The van der Waals surface area contributed by atoms with Crippen molar-refractivity contribution >= 4 is 80.9 Å². The van der Waals surface area contributed by atoms with Gasteiger partial charge in [-0.25, -0.2) is 14.4 Å². The van der Waals surface area contributed by atoms with Gasteiger partial charge < -0.3 is 34.4 Å². The van der Waals surface area contributed by atoms with Crippen molar-refractivity contribution in [3.8, 4) is 0 Å². The van der Waals surface area contributed by atoms with Crippen LogP contribution in [0.25, 0.3) is 0 Å². The van der Waals surface area contributed by atoms with E-state index < -0.39 is 36.0 Å². The predicted molar refractivity (Wildman–Crippen MR) is 279 cm³/mol. The molecule has 4 unspecified atom stereocenters. The number of amides is 2. The van der Waals surface area contributed by atoms with Crippen molar-refractivity contribution in [3.05, 3.63) is 139 Å². The van der Waals surface area contributed by atoms with Crippen molar-refractivity contribution < 1.29 is 47.7 Å². The fourth-order valence-corrected chi connectivity index (χ4v) is 8.20. The number of carbonyl (C=O) groups is 6. The summed E-state index contributed by atoms with van der Waals surface area (Å²) in [7, 11) is 0. The Bertz CT molecular complexity index is 2140. The molecule has 4 rings (SSSR count). The number of nitrogens with one attached hydrogen (secondary N) is 2. The highest BCUT2D eigenvalue weighted by Gasteiger charge is 2.28. The summed E-state index contributed by atoms with van der Waals surface area (Å²) in [6, 6.07) is 31.8. The Labute approximate surface area is 429 Å². The number of halogens is 2. The van der Waals surface area contributed by atoms with Crippen LogP contribution in [0.2, 0.25) is 0 Å². The summed E-state index contributed by atoms with van der Waals surface area (Å²) >= 11 is 4.46. The summed E-state index contributed by atoms with van der Waals surface area (Å²) in [4.78, 5) is 77.9. The van der Waals surface area contributed by atoms with E-state index in [1.54, 1.807) is 0 Å². The highest BCUT2D eigenvalue weighted by atomic mass is 127. The number of carbonyl (C=O) groups excluding carboxylic acids is 6. The number of hydrogen-bond donors (Lipinski definition) is 2.